The number of rotatable bonds is 6. The maximum Gasteiger partial charge on any atom is 0.165 e. The fourth-order valence-corrected chi connectivity index (χ4v) is 2.95. The molecule has 4 heteroatoms. The first kappa shape index (κ1) is 15.3. The van der Waals surface area contributed by atoms with Crippen molar-refractivity contribution in [2.75, 3.05) is 26.8 Å². The third-order valence-electron chi connectivity index (χ3n) is 4.33. The highest BCUT2D eigenvalue weighted by Gasteiger charge is 2.41. The van der Waals surface area contributed by atoms with E-state index in [-0.39, 0.29) is 17.3 Å². The number of benzene rings is 1. The Morgan fingerprint density at radius 1 is 1.50 bits per heavy atom. The molecule has 1 aliphatic rings. The summed E-state index contributed by atoms with van der Waals surface area (Å²) in [6.07, 6.45) is 2.02. The summed E-state index contributed by atoms with van der Waals surface area (Å²) < 4.78 is 24.6. The number of hydrogen-bond donors (Lipinski definition) is 1. The molecule has 1 aromatic rings. The van der Waals surface area contributed by atoms with Crippen LogP contribution in [0, 0.1) is 11.2 Å². The third-order valence-corrected chi connectivity index (χ3v) is 4.33. The maximum atomic E-state index is 13.8. The highest BCUT2D eigenvalue weighted by molar-refractivity contribution is 5.30. The highest BCUT2D eigenvalue weighted by atomic mass is 19.1. The third kappa shape index (κ3) is 3.13. The smallest absolute Gasteiger partial charge is 0.165 e. The van der Waals surface area contributed by atoms with Crippen LogP contribution < -0.4 is 10.1 Å². The van der Waals surface area contributed by atoms with Crippen LogP contribution in [0.1, 0.15) is 25.8 Å². The predicted molar refractivity (Wildman–Crippen MR) is 77.7 cm³/mol. The molecule has 2 atom stereocenters. The van der Waals surface area contributed by atoms with Gasteiger partial charge in [0, 0.05) is 18.6 Å². The first-order valence-corrected chi connectivity index (χ1v) is 7.26. The van der Waals surface area contributed by atoms with Gasteiger partial charge < -0.3 is 14.8 Å². The van der Waals surface area contributed by atoms with Crippen LogP contribution in [0.25, 0.3) is 0 Å². The van der Waals surface area contributed by atoms with Crippen LogP contribution in [0.15, 0.2) is 18.2 Å². The van der Waals surface area contributed by atoms with Crippen LogP contribution in [0.4, 0.5) is 4.39 Å². The van der Waals surface area contributed by atoms with Gasteiger partial charge in [-0.2, -0.15) is 0 Å². The number of nitrogens with one attached hydrogen (secondary N) is 1. The molecule has 1 aliphatic heterocycles. The summed E-state index contributed by atoms with van der Waals surface area (Å²) in [4.78, 5) is 0. The van der Waals surface area contributed by atoms with Crippen LogP contribution in [0.3, 0.4) is 0 Å². The van der Waals surface area contributed by atoms with E-state index in [1.54, 1.807) is 12.1 Å². The second-order valence-corrected chi connectivity index (χ2v) is 5.55. The molecule has 0 bridgehead atoms. The minimum atomic E-state index is -0.296. The summed E-state index contributed by atoms with van der Waals surface area (Å²) in [7, 11) is 1.48. The van der Waals surface area contributed by atoms with E-state index in [1.807, 2.05) is 6.07 Å². The molecule has 0 aromatic heterocycles. The average molecular weight is 281 g/mol. The molecule has 0 saturated carbocycles. The molecular formula is C16H24FNO2. The summed E-state index contributed by atoms with van der Waals surface area (Å²) >= 11 is 0. The van der Waals surface area contributed by atoms with E-state index < -0.39 is 0 Å². The van der Waals surface area contributed by atoms with Gasteiger partial charge in [0.2, 0.25) is 0 Å². The second kappa shape index (κ2) is 6.55. The fourth-order valence-electron chi connectivity index (χ4n) is 2.95. The molecule has 20 heavy (non-hydrogen) atoms. The lowest BCUT2D eigenvalue weighted by atomic mass is 9.76. The molecule has 0 spiro atoms. The van der Waals surface area contributed by atoms with E-state index in [1.165, 1.54) is 7.11 Å². The molecule has 1 saturated heterocycles. The monoisotopic (exact) mass is 281 g/mol. The van der Waals surface area contributed by atoms with Gasteiger partial charge in [-0.3, -0.25) is 0 Å². The van der Waals surface area contributed by atoms with Crippen LogP contribution in [-0.2, 0) is 11.2 Å². The zero-order valence-electron chi connectivity index (χ0n) is 12.5. The standard InChI is InChI=1S/C16H24FNO2/c1-4-18-11-16(7-8-20-12(16)2)10-13-5-6-15(19-3)14(17)9-13/h5-6,9,12,18H,4,7-8,10-11H2,1-3H3. The molecule has 0 amide bonds. The summed E-state index contributed by atoms with van der Waals surface area (Å²) in [5.41, 5.74) is 1.05. The van der Waals surface area contributed by atoms with Gasteiger partial charge in [-0.1, -0.05) is 13.0 Å². The Hall–Kier alpha value is -1.13. The second-order valence-electron chi connectivity index (χ2n) is 5.55. The minimum Gasteiger partial charge on any atom is -0.494 e. The van der Waals surface area contributed by atoms with Crippen molar-refractivity contribution in [1.29, 1.82) is 0 Å². The molecular weight excluding hydrogens is 257 g/mol. The van der Waals surface area contributed by atoms with Gasteiger partial charge in [0.05, 0.1) is 13.2 Å². The van der Waals surface area contributed by atoms with Crippen molar-refractivity contribution in [3.8, 4) is 5.75 Å². The van der Waals surface area contributed by atoms with Crippen molar-refractivity contribution in [1.82, 2.24) is 5.32 Å². The maximum absolute atomic E-state index is 13.8. The number of methoxy groups -OCH3 is 1. The number of halogens is 1. The lowest BCUT2D eigenvalue weighted by molar-refractivity contribution is 0.0632. The highest BCUT2D eigenvalue weighted by Crippen LogP contribution is 2.38. The Kier molecular flexibility index (Phi) is 5.00. The minimum absolute atomic E-state index is 0.0526. The first-order chi connectivity index (χ1) is 9.61. The molecule has 3 nitrogen and oxygen atoms in total. The topological polar surface area (TPSA) is 30.5 Å². The Labute approximate surface area is 120 Å². The van der Waals surface area contributed by atoms with E-state index in [4.69, 9.17) is 9.47 Å². The molecule has 0 aliphatic carbocycles. The van der Waals surface area contributed by atoms with E-state index >= 15 is 0 Å². The van der Waals surface area contributed by atoms with Crippen LogP contribution in [-0.4, -0.2) is 32.9 Å². The summed E-state index contributed by atoms with van der Waals surface area (Å²) in [5.74, 6) is 0.000345. The van der Waals surface area contributed by atoms with Crippen molar-refractivity contribution < 1.29 is 13.9 Å². The van der Waals surface area contributed by atoms with Gasteiger partial charge in [0.1, 0.15) is 0 Å². The Balaban J connectivity index is 2.17. The van der Waals surface area contributed by atoms with E-state index in [2.05, 4.69) is 19.2 Å². The predicted octanol–water partition coefficient (Wildman–Crippen LogP) is 2.78. The molecule has 1 heterocycles. The Morgan fingerprint density at radius 2 is 2.30 bits per heavy atom. The average Bonchev–Trinajstić information content (AvgIpc) is 2.78. The zero-order chi connectivity index (χ0) is 14.6. The summed E-state index contributed by atoms with van der Waals surface area (Å²) in [6, 6.07) is 5.23. The molecule has 1 N–H and O–H groups in total. The van der Waals surface area contributed by atoms with Gasteiger partial charge in [-0.05, 0) is 44.0 Å². The van der Waals surface area contributed by atoms with E-state index in [0.29, 0.717) is 5.75 Å². The molecule has 2 unspecified atom stereocenters. The van der Waals surface area contributed by atoms with Gasteiger partial charge in [-0.25, -0.2) is 4.39 Å². The molecule has 1 fully saturated rings. The Morgan fingerprint density at radius 3 is 2.85 bits per heavy atom. The lowest BCUT2D eigenvalue weighted by Gasteiger charge is -2.32. The molecule has 112 valence electrons. The van der Waals surface area contributed by atoms with Gasteiger partial charge in [0.25, 0.3) is 0 Å². The van der Waals surface area contributed by atoms with Crippen LogP contribution >= 0.6 is 0 Å². The SMILES string of the molecule is CCNCC1(Cc2ccc(OC)c(F)c2)CCOC1C. The van der Waals surface area contributed by atoms with E-state index in [9.17, 15) is 4.39 Å². The molecule has 0 radical (unpaired) electrons. The van der Waals surface area contributed by atoms with Gasteiger partial charge >= 0.3 is 0 Å². The number of ether oxygens (including phenoxy) is 2. The van der Waals surface area contributed by atoms with Crippen molar-refractivity contribution in [3.05, 3.63) is 29.6 Å². The quantitative estimate of drug-likeness (QED) is 0.869. The normalized spacial score (nSPS) is 25.9. The molecule has 1 aromatic carbocycles. The number of hydrogen-bond acceptors (Lipinski definition) is 3. The first-order valence-electron chi connectivity index (χ1n) is 7.26. The van der Waals surface area contributed by atoms with Crippen molar-refractivity contribution in [3.63, 3.8) is 0 Å². The summed E-state index contributed by atoms with van der Waals surface area (Å²) in [5, 5.41) is 3.42. The van der Waals surface area contributed by atoms with Crippen molar-refractivity contribution >= 4 is 0 Å². The zero-order valence-corrected chi connectivity index (χ0v) is 12.5. The molecule has 2 rings (SSSR count). The van der Waals surface area contributed by atoms with Gasteiger partial charge in [-0.15, -0.1) is 0 Å². The summed E-state index contributed by atoms with van der Waals surface area (Å²) in [6.45, 7) is 6.83. The fraction of sp³-hybridized carbons (Fsp3) is 0.625. The largest absolute Gasteiger partial charge is 0.494 e. The van der Waals surface area contributed by atoms with Crippen molar-refractivity contribution in [2.24, 2.45) is 5.41 Å². The van der Waals surface area contributed by atoms with Gasteiger partial charge in [0.15, 0.2) is 11.6 Å². The Bertz CT molecular complexity index is 452. The van der Waals surface area contributed by atoms with Crippen LogP contribution in [0.5, 0.6) is 5.75 Å². The lowest BCUT2D eigenvalue weighted by Crippen LogP contribution is -2.41. The van der Waals surface area contributed by atoms with Crippen LogP contribution in [0.2, 0.25) is 0 Å². The van der Waals surface area contributed by atoms with Crippen molar-refractivity contribution in [2.45, 2.75) is 32.8 Å². The van der Waals surface area contributed by atoms with E-state index in [0.717, 1.165) is 38.1 Å².